The average molecular weight is 341 g/mol. The van der Waals surface area contributed by atoms with Crippen LogP contribution in [0.4, 0.5) is 0 Å². The number of aryl methyl sites for hydroxylation is 1. The maximum atomic E-state index is 11.7. The van der Waals surface area contributed by atoms with Gasteiger partial charge >= 0.3 is 5.97 Å². The highest BCUT2D eigenvalue weighted by Gasteiger charge is 2.45. The number of pyridine rings is 1. The molecule has 0 fully saturated rings. The van der Waals surface area contributed by atoms with E-state index in [0.29, 0.717) is 11.5 Å². The minimum absolute atomic E-state index is 0.164. The summed E-state index contributed by atoms with van der Waals surface area (Å²) in [6.07, 6.45) is 4.07. The summed E-state index contributed by atoms with van der Waals surface area (Å²) in [5.74, 6) is 0.487. The third kappa shape index (κ3) is 2.92. The van der Waals surface area contributed by atoms with Crippen molar-refractivity contribution in [1.82, 2.24) is 10.3 Å². The fraction of sp³-hybridized carbons (Fsp3) is 0.421. The summed E-state index contributed by atoms with van der Waals surface area (Å²) >= 11 is 0. The van der Waals surface area contributed by atoms with E-state index in [1.54, 1.807) is 18.5 Å². The molecule has 0 aliphatic carbocycles. The molecule has 2 aromatic heterocycles. The molecule has 6 nitrogen and oxygen atoms in total. The van der Waals surface area contributed by atoms with E-state index in [9.17, 15) is 9.90 Å². The fourth-order valence-electron chi connectivity index (χ4n) is 3.07. The van der Waals surface area contributed by atoms with Gasteiger partial charge in [0.25, 0.3) is 0 Å². The van der Waals surface area contributed by atoms with Crippen LogP contribution >= 0.6 is 0 Å². The van der Waals surface area contributed by atoms with E-state index in [1.807, 2.05) is 26.0 Å². The van der Waals surface area contributed by atoms with Gasteiger partial charge in [0.05, 0.1) is 17.4 Å². The van der Waals surface area contributed by atoms with Crippen molar-refractivity contribution in [3.05, 3.63) is 53.2 Å². The van der Waals surface area contributed by atoms with Crippen molar-refractivity contribution in [2.75, 3.05) is 0 Å². The van der Waals surface area contributed by atoms with E-state index < -0.39 is 11.5 Å². The van der Waals surface area contributed by atoms with E-state index >= 15 is 0 Å². The summed E-state index contributed by atoms with van der Waals surface area (Å²) in [6.45, 7) is 8.20. The summed E-state index contributed by atoms with van der Waals surface area (Å²) in [5.41, 5.74) is 0.949. The van der Waals surface area contributed by atoms with Gasteiger partial charge in [-0.05, 0) is 43.0 Å². The lowest BCUT2D eigenvalue weighted by Crippen LogP contribution is -2.38. The molecule has 25 heavy (non-hydrogen) atoms. The zero-order valence-corrected chi connectivity index (χ0v) is 14.9. The molecule has 2 N–H and O–H groups in total. The Labute approximate surface area is 147 Å². The van der Waals surface area contributed by atoms with Gasteiger partial charge in [0.2, 0.25) is 0 Å². The largest absolute Gasteiger partial charge is 0.478 e. The van der Waals surface area contributed by atoms with E-state index in [1.165, 1.54) is 0 Å². The zero-order valence-electron chi connectivity index (χ0n) is 14.9. The molecule has 0 saturated carbocycles. The number of carboxylic acid groups (broad SMARTS) is 1. The number of amidine groups is 1. The van der Waals surface area contributed by atoms with E-state index in [2.05, 4.69) is 24.1 Å². The molecule has 0 aromatic carbocycles. The molecule has 1 aliphatic rings. The van der Waals surface area contributed by atoms with Crippen LogP contribution in [-0.2, 0) is 6.42 Å². The van der Waals surface area contributed by atoms with Crippen LogP contribution in [0, 0.1) is 5.92 Å². The highest BCUT2D eigenvalue weighted by Crippen LogP contribution is 2.40. The highest BCUT2D eigenvalue weighted by atomic mass is 16.4. The van der Waals surface area contributed by atoms with Gasteiger partial charge < -0.3 is 14.8 Å². The standard InChI is InChI=1S/C19H23N3O3/c1-5-12-9-13(18(23)24)15(20-10-12)17-21-16(14-7-6-8-25-14)19(4,22-17)11(2)3/h6-11,16H,5H2,1-4H3,(H,21,22)(H,23,24). The molecular formula is C19H23N3O3. The summed E-state index contributed by atoms with van der Waals surface area (Å²) in [5, 5.41) is 12.9. The quantitative estimate of drug-likeness (QED) is 0.870. The molecule has 0 spiro atoms. The van der Waals surface area contributed by atoms with Gasteiger partial charge in [-0.25, -0.2) is 4.79 Å². The Morgan fingerprint density at radius 2 is 2.24 bits per heavy atom. The van der Waals surface area contributed by atoms with E-state index in [-0.39, 0.29) is 17.5 Å². The van der Waals surface area contributed by atoms with Crippen LogP contribution in [-0.4, -0.2) is 27.4 Å². The number of hydrogen-bond donors (Lipinski definition) is 2. The number of aliphatic imine (C=N–C) groups is 1. The number of aromatic carboxylic acids is 1. The van der Waals surface area contributed by atoms with Crippen LogP contribution < -0.4 is 5.32 Å². The lowest BCUT2D eigenvalue weighted by Gasteiger charge is -2.31. The number of carboxylic acids is 1. The Hall–Kier alpha value is -2.63. The minimum Gasteiger partial charge on any atom is -0.478 e. The Morgan fingerprint density at radius 1 is 1.48 bits per heavy atom. The van der Waals surface area contributed by atoms with Crippen LogP contribution in [0.2, 0.25) is 0 Å². The summed E-state index contributed by atoms with van der Waals surface area (Å²) < 4.78 is 5.59. The highest BCUT2D eigenvalue weighted by molar-refractivity contribution is 6.07. The first-order valence-corrected chi connectivity index (χ1v) is 8.49. The molecule has 0 amide bonds. The van der Waals surface area contributed by atoms with Crippen molar-refractivity contribution in [2.24, 2.45) is 10.9 Å². The van der Waals surface area contributed by atoms with Crippen molar-refractivity contribution >= 4 is 11.8 Å². The van der Waals surface area contributed by atoms with Crippen LogP contribution in [0.5, 0.6) is 0 Å². The molecule has 0 radical (unpaired) electrons. The third-order valence-corrected chi connectivity index (χ3v) is 5.02. The molecule has 2 unspecified atom stereocenters. The van der Waals surface area contributed by atoms with Crippen molar-refractivity contribution in [3.63, 3.8) is 0 Å². The molecule has 3 rings (SSSR count). The first-order valence-electron chi connectivity index (χ1n) is 8.49. The van der Waals surface area contributed by atoms with Gasteiger partial charge in [-0.15, -0.1) is 0 Å². The second kappa shape index (κ2) is 6.35. The monoisotopic (exact) mass is 341 g/mol. The van der Waals surface area contributed by atoms with Gasteiger partial charge in [-0.1, -0.05) is 20.8 Å². The second-order valence-electron chi connectivity index (χ2n) is 6.83. The van der Waals surface area contributed by atoms with Crippen molar-refractivity contribution in [3.8, 4) is 0 Å². The van der Waals surface area contributed by atoms with Crippen LogP contribution in [0.15, 0.2) is 40.1 Å². The Kier molecular flexibility index (Phi) is 4.37. The topological polar surface area (TPSA) is 87.7 Å². The summed E-state index contributed by atoms with van der Waals surface area (Å²) in [4.78, 5) is 20.9. The number of nitrogens with one attached hydrogen (secondary N) is 1. The number of aromatic nitrogens is 1. The summed E-state index contributed by atoms with van der Waals surface area (Å²) in [7, 11) is 0. The average Bonchev–Trinajstić information content (AvgIpc) is 3.22. The smallest absolute Gasteiger partial charge is 0.338 e. The zero-order chi connectivity index (χ0) is 18.2. The third-order valence-electron chi connectivity index (χ3n) is 5.02. The van der Waals surface area contributed by atoms with Gasteiger partial charge in [0.1, 0.15) is 23.3 Å². The molecule has 3 heterocycles. The van der Waals surface area contributed by atoms with Gasteiger partial charge in [-0.3, -0.25) is 9.98 Å². The SMILES string of the molecule is CCc1cnc(C2=NC(C)(C(C)C)C(c3ccco3)N2)c(C(=O)O)c1. The molecule has 0 saturated heterocycles. The predicted octanol–water partition coefficient (Wildman–Crippen LogP) is 3.44. The number of nitrogens with zero attached hydrogens (tertiary/aromatic N) is 2. The Bertz CT molecular complexity index is 811. The molecule has 2 atom stereocenters. The minimum atomic E-state index is -1.00. The maximum absolute atomic E-state index is 11.7. The van der Waals surface area contributed by atoms with Crippen molar-refractivity contribution < 1.29 is 14.3 Å². The Morgan fingerprint density at radius 3 is 2.80 bits per heavy atom. The first kappa shape index (κ1) is 17.2. The first-order chi connectivity index (χ1) is 11.9. The van der Waals surface area contributed by atoms with Crippen molar-refractivity contribution in [2.45, 2.75) is 45.7 Å². The number of rotatable bonds is 5. The van der Waals surface area contributed by atoms with Gasteiger partial charge in [-0.2, -0.15) is 0 Å². The van der Waals surface area contributed by atoms with Crippen LogP contribution in [0.1, 0.15) is 61.1 Å². The predicted molar refractivity (Wildman–Crippen MR) is 94.9 cm³/mol. The maximum Gasteiger partial charge on any atom is 0.338 e. The second-order valence-corrected chi connectivity index (χ2v) is 6.83. The fourth-order valence-corrected chi connectivity index (χ4v) is 3.07. The van der Waals surface area contributed by atoms with Gasteiger partial charge in [0, 0.05) is 6.20 Å². The summed E-state index contributed by atoms with van der Waals surface area (Å²) in [6, 6.07) is 5.24. The number of hydrogen-bond acceptors (Lipinski definition) is 5. The molecule has 6 heteroatoms. The lowest BCUT2D eigenvalue weighted by atomic mass is 9.82. The molecule has 2 aromatic rings. The van der Waals surface area contributed by atoms with E-state index in [4.69, 9.17) is 9.41 Å². The molecular weight excluding hydrogens is 318 g/mol. The Balaban J connectivity index is 2.08. The number of carbonyl (C=O) groups is 1. The molecule has 132 valence electrons. The van der Waals surface area contributed by atoms with Crippen molar-refractivity contribution in [1.29, 1.82) is 0 Å². The lowest BCUT2D eigenvalue weighted by molar-refractivity contribution is 0.0696. The normalized spacial score (nSPS) is 22.8. The molecule has 0 bridgehead atoms. The van der Waals surface area contributed by atoms with Crippen LogP contribution in [0.25, 0.3) is 0 Å². The van der Waals surface area contributed by atoms with Gasteiger partial charge in [0.15, 0.2) is 0 Å². The van der Waals surface area contributed by atoms with Crippen LogP contribution in [0.3, 0.4) is 0 Å². The molecule has 1 aliphatic heterocycles. The van der Waals surface area contributed by atoms with E-state index in [0.717, 1.165) is 17.7 Å². The number of furan rings is 1.